The van der Waals surface area contributed by atoms with E-state index in [1.54, 1.807) is 5.38 Å². The largest absolute Gasteiger partial charge is 0.325 e. The number of amides is 1. The molecule has 0 saturated carbocycles. The topological polar surface area (TPSA) is 71.2 Å². The van der Waals surface area contributed by atoms with Gasteiger partial charge in [0.1, 0.15) is 10.7 Å². The molecule has 1 aromatic carbocycles. The minimum Gasteiger partial charge on any atom is -0.325 e. The van der Waals surface area contributed by atoms with Gasteiger partial charge in [0.05, 0.1) is 0 Å². The molecule has 0 atom stereocenters. The summed E-state index contributed by atoms with van der Waals surface area (Å²) in [7, 11) is 0. The van der Waals surface area contributed by atoms with Gasteiger partial charge in [-0.3, -0.25) is 9.69 Å². The number of aromatic nitrogens is 1. The zero-order valence-electron chi connectivity index (χ0n) is 13.7. The lowest BCUT2D eigenvalue weighted by molar-refractivity contribution is 0.102. The van der Waals surface area contributed by atoms with Crippen LogP contribution in [0.5, 0.6) is 0 Å². The van der Waals surface area contributed by atoms with Crippen molar-refractivity contribution in [2.24, 2.45) is 5.73 Å². The van der Waals surface area contributed by atoms with Gasteiger partial charge in [0.15, 0.2) is 0 Å². The Kier molecular flexibility index (Phi) is 5.89. The first-order chi connectivity index (χ1) is 11.7. The molecule has 3 rings (SSSR count). The molecule has 0 spiro atoms. The molecular formula is C17H22N4OS2. The number of rotatable bonds is 5. The van der Waals surface area contributed by atoms with Gasteiger partial charge in [0, 0.05) is 48.8 Å². The highest BCUT2D eigenvalue weighted by atomic mass is 32.2. The van der Waals surface area contributed by atoms with Gasteiger partial charge in [0.25, 0.3) is 5.91 Å². The molecule has 2 aromatic rings. The Hall–Kier alpha value is -1.41. The molecule has 0 radical (unpaired) electrons. The maximum absolute atomic E-state index is 12.3. The number of carbonyl (C=O) groups is 1. The van der Waals surface area contributed by atoms with Crippen molar-refractivity contribution in [2.45, 2.75) is 20.0 Å². The first-order valence-corrected chi connectivity index (χ1v) is 10.0. The Morgan fingerprint density at radius 2 is 2.17 bits per heavy atom. The van der Waals surface area contributed by atoms with Gasteiger partial charge in [-0.05, 0) is 24.1 Å². The molecule has 0 unspecified atom stereocenters. The van der Waals surface area contributed by atoms with Crippen LogP contribution in [0.3, 0.4) is 0 Å². The van der Waals surface area contributed by atoms with E-state index in [1.807, 2.05) is 24.8 Å². The molecule has 0 aliphatic carbocycles. The maximum atomic E-state index is 12.3. The van der Waals surface area contributed by atoms with Crippen LogP contribution in [0.2, 0.25) is 0 Å². The standard InChI is InChI=1S/C17H22N4OS2/c1-12-8-13(10-21-4-6-23-7-5-21)2-3-14(12)20-17(22)15-11-24-16(9-18)19-15/h2-3,8,11H,4-7,9-10,18H2,1H3,(H,20,22). The molecule has 1 aliphatic heterocycles. The van der Waals surface area contributed by atoms with Crippen LogP contribution in [-0.4, -0.2) is 40.4 Å². The Labute approximate surface area is 150 Å². The van der Waals surface area contributed by atoms with Gasteiger partial charge in [-0.15, -0.1) is 11.3 Å². The number of nitrogens with one attached hydrogen (secondary N) is 1. The van der Waals surface area contributed by atoms with Gasteiger partial charge in [-0.25, -0.2) is 4.98 Å². The fourth-order valence-electron chi connectivity index (χ4n) is 2.68. The Bertz CT molecular complexity index is 710. The molecule has 5 nitrogen and oxygen atoms in total. The molecule has 24 heavy (non-hydrogen) atoms. The molecule has 2 heterocycles. The quantitative estimate of drug-likeness (QED) is 0.856. The lowest BCUT2D eigenvalue weighted by Gasteiger charge is -2.26. The summed E-state index contributed by atoms with van der Waals surface area (Å²) < 4.78 is 0. The average molecular weight is 363 g/mol. The van der Waals surface area contributed by atoms with E-state index in [-0.39, 0.29) is 5.91 Å². The van der Waals surface area contributed by atoms with E-state index in [2.05, 4.69) is 27.3 Å². The van der Waals surface area contributed by atoms with Gasteiger partial charge >= 0.3 is 0 Å². The third-order valence-corrected chi connectivity index (χ3v) is 5.82. The summed E-state index contributed by atoms with van der Waals surface area (Å²) >= 11 is 3.43. The van der Waals surface area contributed by atoms with Crippen molar-refractivity contribution in [1.82, 2.24) is 9.88 Å². The summed E-state index contributed by atoms with van der Waals surface area (Å²) in [6.45, 7) is 5.66. The van der Waals surface area contributed by atoms with Crippen molar-refractivity contribution in [3.63, 3.8) is 0 Å². The fourth-order valence-corrected chi connectivity index (χ4v) is 4.31. The second-order valence-electron chi connectivity index (χ2n) is 5.82. The number of carbonyl (C=O) groups excluding carboxylic acids is 1. The summed E-state index contributed by atoms with van der Waals surface area (Å²) in [5.74, 6) is 2.24. The van der Waals surface area contributed by atoms with Crippen LogP contribution >= 0.6 is 23.1 Å². The predicted octanol–water partition coefficient (Wildman–Crippen LogP) is 2.71. The second kappa shape index (κ2) is 8.11. The molecule has 7 heteroatoms. The Morgan fingerprint density at radius 1 is 1.38 bits per heavy atom. The van der Waals surface area contributed by atoms with E-state index in [0.29, 0.717) is 12.2 Å². The minimum absolute atomic E-state index is 0.185. The molecule has 1 amide bonds. The molecule has 3 N–H and O–H groups in total. The van der Waals surface area contributed by atoms with Crippen molar-refractivity contribution in [1.29, 1.82) is 0 Å². The summed E-state index contributed by atoms with van der Waals surface area (Å²) in [5, 5.41) is 5.46. The van der Waals surface area contributed by atoms with E-state index in [1.165, 1.54) is 28.4 Å². The van der Waals surface area contributed by atoms with Crippen LogP contribution in [0.4, 0.5) is 5.69 Å². The van der Waals surface area contributed by atoms with E-state index in [0.717, 1.165) is 35.9 Å². The molecule has 0 bridgehead atoms. The Balaban J connectivity index is 1.64. The van der Waals surface area contributed by atoms with Gasteiger partial charge in [-0.2, -0.15) is 11.8 Å². The normalized spacial score (nSPS) is 15.4. The van der Waals surface area contributed by atoms with Crippen molar-refractivity contribution in [2.75, 3.05) is 29.9 Å². The highest BCUT2D eigenvalue weighted by Crippen LogP contribution is 2.20. The molecule has 128 valence electrons. The Morgan fingerprint density at radius 3 is 2.83 bits per heavy atom. The lowest BCUT2D eigenvalue weighted by atomic mass is 10.1. The fraction of sp³-hybridized carbons (Fsp3) is 0.412. The number of benzene rings is 1. The van der Waals surface area contributed by atoms with E-state index in [9.17, 15) is 4.79 Å². The minimum atomic E-state index is -0.185. The third-order valence-electron chi connectivity index (χ3n) is 4.01. The highest BCUT2D eigenvalue weighted by Gasteiger charge is 2.14. The lowest BCUT2D eigenvalue weighted by Crippen LogP contribution is -2.31. The summed E-state index contributed by atoms with van der Waals surface area (Å²) in [4.78, 5) is 19.0. The molecule has 1 fully saturated rings. The van der Waals surface area contributed by atoms with Crippen LogP contribution in [-0.2, 0) is 13.1 Å². The monoisotopic (exact) mass is 362 g/mol. The first-order valence-electron chi connectivity index (χ1n) is 8.01. The molecule has 1 saturated heterocycles. The third kappa shape index (κ3) is 4.36. The number of anilines is 1. The number of hydrogen-bond acceptors (Lipinski definition) is 6. The van der Waals surface area contributed by atoms with Crippen LogP contribution < -0.4 is 11.1 Å². The summed E-state index contributed by atoms with van der Waals surface area (Å²) in [6.07, 6.45) is 0. The number of hydrogen-bond donors (Lipinski definition) is 2. The van der Waals surface area contributed by atoms with E-state index < -0.39 is 0 Å². The van der Waals surface area contributed by atoms with Crippen LogP contribution in [0.15, 0.2) is 23.6 Å². The summed E-state index contributed by atoms with van der Waals surface area (Å²) in [5.41, 5.74) is 9.16. The molecule has 1 aromatic heterocycles. The van der Waals surface area contributed by atoms with E-state index >= 15 is 0 Å². The number of nitrogens with zero attached hydrogens (tertiary/aromatic N) is 2. The van der Waals surface area contributed by atoms with Crippen molar-refractivity contribution >= 4 is 34.7 Å². The van der Waals surface area contributed by atoms with Gasteiger partial charge < -0.3 is 11.1 Å². The SMILES string of the molecule is Cc1cc(CN2CCSCC2)ccc1NC(=O)c1csc(CN)n1. The summed E-state index contributed by atoms with van der Waals surface area (Å²) in [6, 6.07) is 6.23. The zero-order valence-corrected chi connectivity index (χ0v) is 15.4. The number of thiazole rings is 1. The van der Waals surface area contributed by atoms with Crippen LogP contribution in [0.1, 0.15) is 26.6 Å². The maximum Gasteiger partial charge on any atom is 0.275 e. The predicted molar refractivity (Wildman–Crippen MR) is 102 cm³/mol. The van der Waals surface area contributed by atoms with Crippen molar-refractivity contribution in [3.05, 3.63) is 45.4 Å². The highest BCUT2D eigenvalue weighted by molar-refractivity contribution is 7.99. The first kappa shape index (κ1) is 17.4. The zero-order chi connectivity index (χ0) is 16.9. The van der Waals surface area contributed by atoms with Gasteiger partial charge in [0.2, 0.25) is 0 Å². The molecule has 1 aliphatic rings. The second-order valence-corrected chi connectivity index (χ2v) is 7.99. The smallest absolute Gasteiger partial charge is 0.275 e. The number of aryl methyl sites for hydroxylation is 1. The van der Waals surface area contributed by atoms with Crippen molar-refractivity contribution < 1.29 is 4.79 Å². The van der Waals surface area contributed by atoms with E-state index in [4.69, 9.17) is 5.73 Å². The van der Waals surface area contributed by atoms with Crippen molar-refractivity contribution in [3.8, 4) is 0 Å². The van der Waals surface area contributed by atoms with Gasteiger partial charge in [-0.1, -0.05) is 12.1 Å². The average Bonchev–Trinajstić information content (AvgIpc) is 3.07. The van der Waals surface area contributed by atoms with Crippen LogP contribution in [0, 0.1) is 6.92 Å². The number of nitrogens with two attached hydrogens (primary N) is 1. The number of thioether (sulfide) groups is 1. The van der Waals surface area contributed by atoms with Crippen LogP contribution in [0.25, 0.3) is 0 Å². The molecular weight excluding hydrogens is 340 g/mol.